The molecular formula is C32H41N5O4S. The van der Waals surface area contributed by atoms with Crippen molar-refractivity contribution in [1.82, 2.24) is 25.7 Å². The first kappa shape index (κ1) is 31.4. The minimum Gasteiger partial charge on any atom is -0.408 e. The number of hydrogen-bond donors (Lipinski definition) is 2. The topological polar surface area (TPSA) is 117 Å². The number of nitrogens with zero attached hydrogens (tertiary/aromatic N) is 3. The quantitative estimate of drug-likeness (QED) is 0.196. The summed E-state index contributed by atoms with van der Waals surface area (Å²) < 4.78 is 5.73. The summed E-state index contributed by atoms with van der Waals surface area (Å²) in [5, 5.41) is 14.4. The van der Waals surface area contributed by atoms with E-state index in [0.29, 0.717) is 30.0 Å². The van der Waals surface area contributed by atoms with Crippen LogP contribution in [0.5, 0.6) is 0 Å². The molecule has 1 aliphatic carbocycles. The van der Waals surface area contributed by atoms with Crippen molar-refractivity contribution in [2.75, 3.05) is 19.3 Å². The summed E-state index contributed by atoms with van der Waals surface area (Å²) in [6, 6.07) is 18.3. The lowest BCUT2D eigenvalue weighted by molar-refractivity contribution is -0.129. The van der Waals surface area contributed by atoms with Crippen molar-refractivity contribution in [2.24, 2.45) is 5.92 Å². The van der Waals surface area contributed by atoms with Crippen LogP contribution in [0.2, 0.25) is 0 Å². The SMILES string of the molecule is CC(C)CC(NC(=O)C1(NC(=O)c2ccccc2)CCCCC1)C(=O)c1nnc(SCCN(C)Cc2ccccc2)o1. The first-order chi connectivity index (χ1) is 20.3. The molecule has 1 aromatic heterocycles. The Labute approximate surface area is 252 Å². The number of carbonyl (C=O) groups is 3. The molecule has 9 nitrogen and oxygen atoms in total. The largest absolute Gasteiger partial charge is 0.408 e. The number of aromatic nitrogens is 2. The third-order valence-electron chi connectivity index (χ3n) is 7.47. The van der Waals surface area contributed by atoms with Gasteiger partial charge < -0.3 is 20.0 Å². The first-order valence-corrected chi connectivity index (χ1v) is 15.7. The summed E-state index contributed by atoms with van der Waals surface area (Å²) in [5.74, 6) is -0.342. The second-order valence-corrected chi connectivity index (χ2v) is 12.5. The number of amides is 2. The van der Waals surface area contributed by atoms with Crippen molar-refractivity contribution in [3.8, 4) is 0 Å². The van der Waals surface area contributed by atoms with E-state index in [1.807, 2.05) is 38.1 Å². The summed E-state index contributed by atoms with van der Waals surface area (Å²) >= 11 is 1.39. The van der Waals surface area contributed by atoms with Crippen LogP contribution in [-0.2, 0) is 11.3 Å². The number of carbonyl (C=O) groups excluding carboxylic acids is 3. The van der Waals surface area contributed by atoms with Gasteiger partial charge in [-0.1, -0.05) is 93.4 Å². The summed E-state index contributed by atoms with van der Waals surface area (Å²) in [6.07, 6.45) is 4.06. The molecule has 4 rings (SSSR count). The molecule has 224 valence electrons. The van der Waals surface area contributed by atoms with Gasteiger partial charge in [-0.15, -0.1) is 10.2 Å². The molecule has 1 fully saturated rings. The fraction of sp³-hybridized carbons (Fsp3) is 0.469. The van der Waals surface area contributed by atoms with Gasteiger partial charge in [0.1, 0.15) is 5.54 Å². The fourth-order valence-corrected chi connectivity index (χ4v) is 6.04. The van der Waals surface area contributed by atoms with E-state index in [9.17, 15) is 14.4 Å². The maximum Gasteiger partial charge on any atom is 0.286 e. The maximum atomic E-state index is 13.8. The maximum absolute atomic E-state index is 13.8. The minimum absolute atomic E-state index is 0.118. The van der Waals surface area contributed by atoms with E-state index in [1.54, 1.807) is 24.3 Å². The zero-order valence-corrected chi connectivity index (χ0v) is 25.5. The Hall–Kier alpha value is -3.50. The van der Waals surface area contributed by atoms with Gasteiger partial charge in [-0.2, -0.15) is 0 Å². The Morgan fingerprint density at radius 2 is 1.64 bits per heavy atom. The van der Waals surface area contributed by atoms with E-state index < -0.39 is 17.4 Å². The Morgan fingerprint density at radius 1 is 0.976 bits per heavy atom. The van der Waals surface area contributed by atoms with Gasteiger partial charge in [0.05, 0.1) is 6.04 Å². The molecule has 0 saturated heterocycles. The number of hydrogen-bond acceptors (Lipinski definition) is 8. The lowest BCUT2D eigenvalue weighted by Crippen LogP contribution is -2.62. The summed E-state index contributed by atoms with van der Waals surface area (Å²) in [5.41, 5.74) is 0.651. The van der Waals surface area contributed by atoms with Crippen LogP contribution in [0.3, 0.4) is 0 Å². The van der Waals surface area contributed by atoms with Crippen LogP contribution in [0, 0.1) is 5.92 Å². The van der Waals surface area contributed by atoms with Gasteiger partial charge in [0.2, 0.25) is 11.7 Å². The summed E-state index contributed by atoms with van der Waals surface area (Å²) in [6.45, 7) is 5.61. The molecule has 2 amide bonds. The Bertz CT molecular complexity index is 1310. The highest BCUT2D eigenvalue weighted by Crippen LogP contribution is 2.30. The standard InChI is InChI=1S/C32H41N5O4S/c1-23(2)21-26(33-30(40)32(17-11-6-12-18-32)34-28(39)25-15-9-5-10-16-25)27(38)29-35-36-31(41-29)42-20-19-37(3)22-24-13-7-4-8-14-24/h4-5,7-10,13-16,23,26H,6,11-12,17-22H2,1-3H3,(H,33,40)(H,34,39). The lowest BCUT2D eigenvalue weighted by Gasteiger charge is -2.37. The molecule has 3 aromatic rings. The van der Waals surface area contributed by atoms with Gasteiger partial charge in [0.25, 0.3) is 17.0 Å². The normalized spacial score (nSPS) is 15.4. The van der Waals surface area contributed by atoms with E-state index >= 15 is 0 Å². The van der Waals surface area contributed by atoms with Crippen molar-refractivity contribution in [3.05, 3.63) is 77.7 Å². The number of thioether (sulfide) groups is 1. The second-order valence-electron chi connectivity index (χ2n) is 11.4. The Balaban J connectivity index is 1.39. The highest BCUT2D eigenvalue weighted by Gasteiger charge is 2.43. The third kappa shape index (κ3) is 8.75. The van der Waals surface area contributed by atoms with E-state index in [2.05, 4.69) is 44.9 Å². The molecule has 2 N–H and O–H groups in total. The van der Waals surface area contributed by atoms with Crippen LogP contribution in [0.1, 0.15) is 79.0 Å². The van der Waals surface area contributed by atoms with Crippen molar-refractivity contribution < 1.29 is 18.8 Å². The van der Waals surface area contributed by atoms with Gasteiger partial charge in [-0.25, -0.2) is 0 Å². The third-order valence-corrected chi connectivity index (χ3v) is 8.27. The predicted molar refractivity (Wildman–Crippen MR) is 163 cm³/mol. The van der Waals surface area contributed by atoms with Gasteiger partial charge in [-0.05, 0) is 49.9 Å². The molecular weight excluding hydrogens is 550 g/mol. The zero-order valence-electron chi connectivity index (χ0n) is 24.7. The lowest BCUT2D eigenvalue weighted by atomic mass is 9.80. The highest BCUT2D eigenvalue weighted by atomic mass is 32.2. The van der Waals surface area contributed by atoms with Crippen LogP contribution < -0.4 is 10.6 Å². The molecule has 1 heterocycles. The Morgan fingerprint density at radius 3 is 2.31 bits per heavy atom. The van der Waals surface area contributed by atoms with Crippen LogP contribution in [0.15, 0.2) is 70.3 Å². The van der Waals surface area contributed by atoms with Crippen LogP contribution in [0.25, 0.3) is 0 Å². The first-order valence-electron chi connectivity index (χ1n) is 14.7. The van der Waals surface area contributed by atoms with E-state index in [1.165, 1.54) is 17.3 Å². The molecule has 10 heteroatoms. The van der Waals surface area contributed by atoms with Crippen molar-refractivity contribution in [2.45, 2.75) is 75.7 Å². The zero-order chi connectivity index (χ0) is 30.0. The molecule has 2 aromatic carbocycles. The number of rotatable bonds is 14. The van der Waals surface area contributed by atoms with E-state index in [0.717, 1.165) is 38.1 Å². The van der Waals surface area contributed by atoms with E-state index in [-0.39, 0.29) is 23.6 Å². The van der Waals surface area contributed by atoms with Crippen molar-refractivity contribution in [1.29, 1.82) is 0 Å². The molecule has 0 spiro atoms. The molecule has 1 unspecified atom stereocenters. The molecule has 1 atom stereocenters. The van der Waals surface area contributed by atoms with Gasteiger partial charge in [-0.3, -0.25) is 14.4 Å². The van der Waals surface area contributed by atoms with Gasteiger partial charge in [0, 0.05) is 24.4 Å². The molecule has 0 bridgehead atoms. The molecule has 1 aliphatic rings. The Kier molecular flexibility index (Phi) is 11.3. The second kappa shape index (κ2) is 15.1. The van der Waals surface area contributed by atoms with E-state index in [4.69, 9.17) is 4.42 Å². The van der Waals surface area contributed by atoms with Crippen LogP contribution in [-0.4, -0.2) is 63.6 Å². The smallest absolute Gasteiger partial charge is 0.286 e. The number of Topliss-reactive ketones (excluding diaryl/α,β-unsaturated/α-hetero) is 1. The fourth-order valence-electron chi connectivity index (χ4n) is 5.22. The summed E-state index contributed by atoms with van der Waals surface area (Å²) in [4.78, 5) is 42.6. The monoisotopic (exact) mass is 591 g/mol. The highest BCUT2D eigenvalue weighted by molar-refractivity contribution is 7.99. The molecule has 1 saturated carbocycles. The average molecular weight is 592 g/mol. The molecule has 42 heavy (non-hydrogen) atoms. The number of nitrogens with one attached hydrogen (secondary N) is 2. The molecule has 0 aliphatic heterocycles. The number of ketones is 1. The predicted octanol–water partition coefficient (Wildman–Crippen LogP) is 5.14. The number of benzene rings is 2. The van der Waals surface area contributed by atoms with Crippen LogP contribution >= 0.6 is 11.8 Å². The molecule has 0 radical (unpaired) electrons. The van der Waals surface area contributed by atoms with Crippen molar-refractivity contribution in [3.63, 3.8) is 0 Å². The van der Waals surface area contributed by atoms with Crippen LogP contribution in [0.4, 0.5) is 0 Å². The average Bonchev–Trinajstić information content (AvgIpc) is 3.46. The van der Waals surface area contributed by atoms with Gasteiger partial charge in [0.15, 0.2) is 0 Å². The van der Waals surface area contributed by atoms with Gasteiger partial charge >= 0.3 is 0 Å². The minimum atomic E-state index is -1.08. The summed E-state index contributed by atoms with van der Waals surface area (Å²) in [7, 11) is 2.05. The van der Waals surface area contributed by atoms with Crippen molar-refractivity contribution >= 4 is 29.4 Å².